The molecule has 1 atom stereocenters. The minimum atomic E-state index is 0.103. The molecule has 5 nitrogen and oxygen atoms in total. The van der Waals surface area contributed by atoms with Crippen molar-refractivity contribution in [1.29, 1.82) is 0 Å². The lowest BCUT2D eigenvalue weighted by Gasteiger charge is -2.24. The number of carbonyl (C=O) groups excluding carboxylic acids is 1. The van der Waals surface area contributed by atoms with Crippen LogP contribution in [0.1, 0.15) is 30.7 Å². The third kappa shape index (κ3) is 4.34. The van der Waals surface area contributed by atoms with Crippen LogP contribution in [-0.4, -0.2) is 28.1 Å². The summed E-state index contributed by atoms with van der Waals surface area (Å²) in [6.45, 7) is 3.43. The van der Waals surface area contributed by atoms with Gasteiger partial charge in [-0.15, -0.1) is 0 Å². The van der Waals surface area contributed by atoms with E-state index in [4.69, 9.17) is 4.74 Å². The Hall–Kier alpha value is -2.30. The molecule has 0 radical (unpaired) electrons. The van der Waals surface area contributed by atoms with E-state index in [2.05, 4.69) is 14.9 Å². The van der Waals surface area contributed by atoms with Crippen molar-refractivity contribution in [3.63, 3.8) is 0 Å². The summed E-state index contributed by atoms with van der Waals surface area (Å²) in [6, 6.07) is 8.17. The number of amides is 1. The number of ether oxygens (including phenoxy) is 1. The minimum Gasteiger partial charge on any atom is -0.494 e. The number of rotatable bonds is 6. The smallest absolute Gasteiger partial charge is 0.220 e. The van der Waals surface area contributed by atoms with Crippen molar-refractivity contribution in [2.75, 3.05) is 6.61 Å². The molecule has 122 valence electrons. The van der Waals surface area contributed by atoms with Crippen molar-refractivity contribution in [2.45, 2.75) is 45.2 Å². The molecule has 2 heterocycles. The molecule has 1 aliphatic rings. The highest BCUT2D eigenvalue weighted by Crippen LogP contribution is 2.14. The fourth-order valence-electron chi connectivity index (χ4n) is 2.84. The van der Waals surface area contributed by atoms with E-state index in [9.17, 15) is 4.79 Å². The summed E-state index contributed by atoms with van der Waals surface area (Å²) in [5, 5.41) is 3.11. The molecule has 1 N–H and O–H groups in total. The number of nitrogens with zero attached hydrogens (tertiary/aromatic N) is 2. The lowest BCUT2D eigenvalue weighted by atomic mass is 10.1. The lowest BCUT2D eigenvalue weighted by Crippen LogP contribution is -2.40. The number of carbonyl (C=O) groups is 1. The van der Waals surface area contributed by atoms with Gasteiger partial charge in [0.15, 0.2) is 0 Å². The fraction of sp³-hybridized carbons (Fsp3) is 0.444. The number of fused-ring (bicyclic) bond motifs is 1. The molecule has 0 saturated heterocycles. The van der Waals surface area contributed by atoms with Gasteiger partial charge in [-0.2, -0.15) is 0 Å². The van der Waals surface area contributed by atoms with E-state index in [1.807, 2.05) is 43.6 Å². The molecule has 23 heavy (non-hydrogen) atoms. The van der Waals surface area contributed by atoms with Gasteiger partial charge in [0.1, 0.15) is 11.6 Å². The third-order valence-electron chi connectivity index (χ3n) is 4.14. The van der Waals surface area contributed by atoms with Gasteiger partial charge >= 0.3 is 0 Å². The van der Waals surface area contributed by atoms with Gasteiger partial charge in [-0.1, -0.05) is 17.7 Å². The van der Waals surface area contributed by atoms with Gasteiger partial charge < -0.3 is 14.6 Å². The van der Waals surface area contributed by atoms with Crippen LogP contribution in [0.3, 0.4) is 0 Å². The molecule has 3 rings (SSSR count). The van der Waals surface area contributed by atoms with E-state index in [0.717, 1.165) is 37.4 Å². The number of aryl methyl sites for hydroxylation is 2. The quantitative estimate of drug-likeness (QED) is 0.834. The molecular weight excluding hydrogens is 290 g/mol. The molecule has 0 spiro atoms. The number of hydrogen-bond donors (Lipinski definition) is 1. The zero-order chi connectivity index (χ0) is 16.1. The standard InChI is InChI=1S/C18H23N3O2/c1-14-4-7-16(8-5-14)23-12-2-3-18(22)20-15-6-9-17-19-10-11-21(17)13-15/h4-5,7-8,10-11,15H,2-3,6,9,12-13H2,1H3,(H,20,22)/t15-/m0/s1. The van der Waals surface area contributed by atoms with Crippen LogP contribution in [-0.2, 0) is 17.8 Å². The molecule has 0 saturated carbocycles. The van der Waals surface area contributed by atoms with E-state index in [1.54, 1.807) is 0 Å². The first kappa shape index (κ1) is 15.6. The normalized spacial score (nSPS) is 16.7. The largest absolute Gasteiger partial charge is 0.494 e. The Labute approximate surface area is 136 Å². The van der Waals surface area contributed by atoms with E-state index < -0.39 is 0 Å². The topological polar surface area (TPSA) is 56.1 Å². The highest BCUT2D eigenvalue weighted by molar-refractivity contribution is 5.76. The molecule has 2 aromatic rings. The maximum atomic E-state index is 12.0. The molecule has 1 aromatic heterocycles. The maximum Gasteiger partial charge on any atom is 0.220 e. The molecule has 1 aromatic carbocycles. The molecule has 0 fully saturated rings. The Morgan fingerprint density at radius 2 is 2.22 bits per heavy atom. The first-order valence-corrected chi connectivity index (χ1v) is 8.19. The average Bonchev–Trinajstić information content (AvgIpc) is 3.01. The predicted molar refractivity (Wildman–Crippen MR) is 88.4 cm³/mol. The maximum absolute atomic E-state index is 12.0. The van der Waals surface area contributed by atoms with Crippen molar-refractivity contribution >= 4 is 5.91 Å². The summed E-state index contributed by atoms with van der Waals surface area (Å²) >= 11 is 0. The van der Waals surface area contributed by atoms with Crippen LogP contribution in [0.15, 0.2) is 36.7 Å². The molecule has 1 amide bonds. The van der Waals surface area contributed by atoms with Crippen LogP contribution >= 0.6 is 0 Å². The van der Waals surface area contributed by atoms with Crippen molar-refractivity contribution in [3.05, 3.63) is 48.0 Å². The van der Waals surface area contributed by atoms with Crippen LogP contribution in [0.5, 0.6) is 5.75 Å². The number of aromatic nitrogens is 2. The Morgan fingerprint density at radius 3 is 3.04 bits per heavy atom. The Morgan fingerprint density at radius 1 is 1.39 bits per heavy atom. The monoisotopic (exact) mass is 313 g/mol. The van der Waals surface area contributed by atoms with Gasteiger partial charge in [0, 0.05) is 37.8 Å². The summed E-state index contributed by atoms with van der Waals surface area (Å²) < 4.78 is 7.77. The van der Waals surface area contributed by atoms with Gasteiger partial charge in [-0.05, 0) is 31.9 Å². The van der Waals surface area contributed by atoms with E-state index in [1.165, 1.54) is 5.56 Å². The number of hydrogen-bond acceptors (Lipinski definition) is 3. The number of nitrogens with one attached hydrogen (secondary N) is 1. The summed E-state index contributed by atoms with van der Waals surface area (Å²) in [4.78, 5) is 16.3. The SMILES string of the molecule is Cc1ccc(OCCCC(=O)N[C@H]2CCc3nccn3C2)cc1. The molecule has 0 bridgehead atoms. The zero-order valence-electron chi connectivity index (χ0n) is 13.5. The highest BCUT2D eigenvalue weighted by atomic mass is 16.5. The number of benzene rings is 1. The second-order valence-electron chi connectivity index (χ2n) is 6.06. The lowest BCUT2D eigenvalue weighted by molar-refractivity contribution is -0.122. The minimum absolute atomic E-state index is 0.103. The van der Waals surface area contributed by atoms with Crippen LogP contribution in [0.4, 0.5) is 0 Å². The van der Waals surface area contributed by atoms with E-state index in [-0.39, 0.29) is 11.9 Å². The summed E-state index contributed by atoms with van der Waals surface area (Å²) in [6.07, 6.45) is 6.91. The first-order valence-electron chi connectivity index (χ1n) is 8.19. The van der Waals surface area contributed by atoms with Crippen molar-refractivity contribution in [2.24, 2.45) is 0 Å². The van der Waals surface area contributed by atoms with Crippen molar-refractivity contribution < 1.29 is 9.53 Å². The third-order valence-corrected chi connectivity index (χ3v) is 4.14. The highest BCUT2D eigenvalue weighted by Gasteiger charge is 2.19. The number of imidazole rings is 1. The zero-order valence-corrected chi connectivity index (χ0v) is 13.5. The second kappa shape index (κ2) is 7.31. The second-order valence-corrected chi connectivity index (χ2v) is 6.06. The van der Waals surface area contributed by atoms with E-state index >= 15 is 0 Å². The molecular formula is C18H23N3O2. The van der Waals surface area contributed by atoms with Gasteiger partial charge in [0.2, 0.25) is 5.91 Å². The molecule has 5 heteroatoms. The van der Waals surface area contributed by atoms with Crippen LogP contribution in [0, 0.1) is 6.92 Å². The first-order chi connectivity index (χ1) is 11.2. The average molecular weight is 313 g/mol. The Balaban J connectivity index is 1.35. The molecule has 0 unspecified atom stereocenters. The van der Waals surface area contributed by atoms with Crippen LogP contribution in [0.2, 0.25) is 0 Å². The van der Waals surface area contributed by atoms with Crippen molar-refractivity contribution in [1.82, 2.24) is 14.9 Å². The summed E-state index contributed by atoms with van der Waals surface area (Å²) in [7, 11) is 0. The fourth-order valence-corrected chi connectivity index (χ4v) is 2.84. The van der Waals surface area contributed by atoms with Crippen LogP contribution < -0.4 is 10.1 Å². The van der Waals surface area contributed by atoms with Crippen molar-refractivity contribution in [3.8, 4) is 5.75 Å². The van der Waals surface area contributed by atoms with Gasteiger partial charge in [-0.25, -0.2) is 4.98 Å². The Bertz CT molecular complexity index is 649. The molecule has 1 aliphatic heterocycles. The van der Waals surface area contributed by atoms with Gasteiger partial charge in [0.25, 0.3) is 0 Å². The summed E-state index contributed by atoms with van der Waals surface area (Å²) in [5.41, 5.74) is 1.21. The van der Waals surface area contributed by atoms with Gasteiger partial charge in [-0.3, -0.25) is 4.79 Å². The Kier molecular flexibility index (Phi) is 4.95. The summed E-state index contributed by atoms with van der Waals surface area (Å²) in [5.74, 6) is 2.07. The predicted octanol–water partition coefficient (Wildman–Crippen LogP) is 2.48. The van der Waals surface area contributed by atoms with Crippen LogP contribution in [0.25, 0.3) is 0 Å². The van der Waals surface area contributed by atoms with Gasteiger partial charge in [0.05, 0.1) is 6.61 Å². The van der Waals surface area contributed by atoms with E-state index in [0.29, 0.717) is 13.0 Å². The molecule has 0 aliphatic carbocycles.